The van der Waals surface area contributed by atoms with Gasteiger partial charge in [0.25, 0.3) is 10.0 Å². The molecule has 1 amide bonds. The molecule has 8 nitrogen and oxygen atoms in total. The van der Waals surface area contributed by atoms with Gasteiger partial charge in [0.1, 0.15) is 6.54 Å². The molecule has 0 aliphatic carbocycles. The molecule has 2 heterocycles. The summed E-state index contributed by atoms with van der Waals surface area (Å²) >= 11 is 0. The fourth-order valence-electron chi connectivity index (χ4n) is 3.70. The van der Waals surface area contributed by atoms with E-state index in [-0.39, 0.29) is 31.0 Å². The van der Waals surface area contributed by atoms with E-state index in [4.69, 9.17) is 9.84 Å². The average molecular weight is 390 g/mol. The zero-order valence-electron chi connectivity index (χ0n) is 14.4. The Morgan fingerprint density at radius 3 is 2.67 bits per heavy atom. The Kier molecular flexibility index (Phi) is 4.27. The number of sulfonamides is 1. The first-order valence-electron chi connectivity index (χ1n) is 8.53. The van der Waals surface area contributed by atoms with Gasteiger partial charge in [0.15, 0.2) is 0 Å². The largest absolute Gasteiger partial charge is 0.481 e. The SMILES string of the molecule is O=C(O)CC1COCCN1C(=O)CN1c2cccc3cccc(c23)S1(=O)=O. The second kappa shape index (κ2) is 6.50. The number of nitrogens with zero attached hydrogens (tertiary/aromatic N) is 2. The van der Waals surface area contributed by atoms with E-state index in [1.54, 1.807) is 18.2 Å². The molecule has 1 unspecified atom stereocenters. The molecule has 2 aliphatic rings. The standard InChI is InChI=1S/C18H18N2O6S/c21-16(19-7-8-26-11-13(19)9-17(22)23)10-20-14-5-1-3-12-4-2-6-15(18(12)14)27(20,24)25/h1-6,13H,7-11H2,(H,22,23). The molecular formula is C18H18N2O6S. The number of amides is 1. The van der Waals surface area contributed by atoms with E-state index in [0.717, 1.165) is 9.69 Å². The van der Waals surface area contributed by atoms with E-state index in [2.05, 4.69) is 0 Å². The van der Waals surface area contributed by atoms with Crippen LogP contribution in [0, 0.1) is 0 Å². The number of ether oxygens (including phenoxy) is 1. The van der Waals surface area contributed by atoms with Gasteiger partial charge in [0, 0.05) is 11.9 Å². The summed E-state index contributed by atoms with van der Waals surface area (Å²) < 4.78 is 32.4. The number of anilines is 1. The summed E-state index contributed by atoms with van der Waals surface area (Å²) in [6.45, 7) is 0.291. The lowest BCUT2D eigenvalue weighted by Crippen LogP contribution is -2.52. The first kappa shape index (κ1) is 17.7. The molecule has 2 aromatic carbocycles. The quantitative estimate of drug-likeness (QED) is 0.837. The fraction of sp³-hybridized carbons (Fsp3) is 0.333. The van der Waals surface area contributed by atoms with E-state index >= 15 is 0 Å². The summed E-state index contributed by atoms with van der Waals surface area (Å²) in [6, 6.07) is 9.69. The van der Waals surface area contributed by atoms with Gasteiger partial charge < -0.3 is 14.7 Å². The zero-order chi connectivity index (χ0) is 19.2. The molecule has 0 bridgehead atoms. The van der Waals surface area contributed by atoms with Gasteiger partial charge in [-0.2, -0.15) is 0 Å². The second-order valence-corrected chi connectivity index (χ2v) is 8.39. The van der Waals surface area contributed by atoms with Crippen LogP contribution in [-0.2, 0) is 24.3 Å². The lowest BCUT2D eigenvalue weighted by molar-refractivity contribution is -0.145. The van der Waals surface area contributed by atoms with Crippen molar-refractivity contribution in [2.24, 2.45) is 0 Å². The molecule has 27 heavy (non-hydrogen) atoms. The molecule has 1 N–H and O–H groups in total. The maximum atomic E-state index is 13.0. The molecule has 2 aliphatic heterocycles. The number of rotatable bonds is 4. The minimum atomic E-state index is -3.83. The van der Waals surface area contributed by atoms with Crippen molar-refractivity contribution in [3.63, 3.8) is 0 Å². The van der Waals surface area contributed by atoms with Gasteiger partial charge in [-0.3, -0.25) is 13.9 Å². The highest BCUT2D eigenvalue weighted by Gasteiger charge is 2.39. The molecule has 0 saturated carbocycles. The normalized spacial score (nSPS) is 20.8. The van der Waals surface area contributed by atoms with Crippen molar-refractivity contribution >= 4 is 38.4 Å². The van der Waals surface area contributed by atoms with E-state index in [1.165, 1.54) is 11.0 Å². The van der Waals surface area contributed by atoms with Crippen LogP contribution in [0.25, 0.3) is 10.8 Å². The van der Waals surface area contributed by atoms with Crippen LogP contribution in [0.1, 0.15) is 6.42 Å². The number of carbonyl (C=O) groups excluding carboxylic acids is 1. The van der Waals surface area contributed by atoms with E-state index in [0.29, 0.717) is 17.7 Å². The van der Waals surface area contributed by atoms with Gasteiger partial charge in [-0.15, -0.1) is 0 Å². The van der Waals surface area contributed by atoms with Crippen LogP contribution in [0.5, 0.6) is 0 Å². The third-order valence-electron chi connectivity index (χ3n) is 4.92. The van der Waals surface area contributed by atoms with Gasteiger partial charge >= 0.3 is 5.97 Å². The zero-order valence-corrected chi connectivity index (χ0v) is 15.2. The summed E-state index contributed by atoms with van der Waals surface area (Å²) in [5.74, 6) is -1.47. The Labute approximate surface area is 156 Å². The van der Waals surface area contributed by atoms with Crippen LogP contribution in [0.15, 0.2) is 41.3 Å². The van der Waals surface area contributed by atoms with E-state index < -0.39 is 27.9 Å². The predicted octanol–water partition coefficient (Wildman–Crippen LogP) is 1.05. The Morgan fingerprint density at radius 2 is 1.93 bits per heavy atom. The number of carbonyl (C=O) groups is 2. The van der Waals surface area contributed by atoms with Crippen molar-refractivity contribution in [2.75, 3.05) is 30.6 Å². The van der Waals surface area contributed by atoms with Crippen molar-refractivity contribution in [2.45, 2.75) is 17.4 Å². The highest BCUT2D eigenvalue weighted by atomic mass is 32.2. The summed E-state index contributed by atoms with van der Waals surface area (Å²) in [5.41, 5.74) is 0.472. The Hall–Kier alpha value is -2.65. The van der Waals surface area contributed by atoms with Crippen LogP contribution in [0.3, 0.4) is 0 Å². The molecule has 1 saturated heterocycles. The molecular weight excluding hydrogens is 372 g/mol. The monoisotopic (exact) mass is 390 g/mol. The topological polar surface area (TPSA) is 104 Å². The van der Waals surface area contributed by atoms with Crippen LogP contribution >= 0.6 is 0 Å². The van der Waals surface area contributed by atoms with Crippen LogP contribution in [0.2, 0.25) is 0 Å². The third-order valence-corrected chi connectivity index (χ3v) is 6.72. The maximum absolute atomic E-state index is 13.0. The van der Waals surface area contributed by atoms with E-state index in [9.17, 15) is 18.0 Å². The molecule has 4 rings (SSSR count). The van der Waals surface area contributed by atoms with Crippen LogP contribution in [0.4, 0.5) is 5.69 Å². The van der Waals surface area contributed by atoms with Gasteiger partial charge in [-0.05, 0) is 17.5 Å². The number of hydrogen-bond acceptors (Lipinski definition) is 5. The highest BCUT2D eigenvalue weighted by Crippen LogP contribution is 2.41. The van der Waals surface area contributed by atoms with Crippen molar-refractivity contribution in [3.8, 4) is 0 Å². The third kappa shape index (κ3) is 2.92. The lowest BCUT2D eigenvalue weighted by Gasteiger charge is -2.35. The molecule has 9 heteroatoms. The molecule has 142 valence electrons. The van der Waals surface area contributed by atoms with Gasteiger partial charge in [0.05, 0.1) is 36.3 Å². The summed E-state index contributed by atoms with van der Waals surface area (Å²) in [5, 5.41) is 10.5. The fourth-order valence-corrected chi connectivity index (χ4v) is 5.36. The van der Waals surface area contributed by atoms with Gasteiger partial charge in [0.2, 0.25) is 5.91 Å². The second-order valence-electron chi connectivity index (χ2n) is 6.56. The Morgan fingerprint density at radius 1 is 1.19 bits per heavy atom. The predicted molar refractivity (Wildman–Crippen MR) is 97.1 cm³/mol. The molecule has 0 spiro atoms. The number of morpholine rings is 1. The lowest BCUT2D eigenvalue weighted by atomic mass is 10.1. The molecule has 1 fully saturated rings. The van der Waals surface area contributed by atoms with Gasteiger partial charge in [-0.1, -0.05) is 24.3 Å². The van der Waals surface area contributed by atoms with Crippen molar-refractivity contribution in [1.82, 2.24) is 4.90 Å². The van der Waals surface area contributed by atoms with Crippen LogP contribution < -0.4 is 4.31 Å². The van der Waals surface area contributed by atoms with Crippen LogP contribution in [-0.4, -0.2) is 62.6 Å². The van der Waals surface area contributed by atoms with E-state index in [1.807, 2.05) is 12.1 Å². The molecule has 0 radical (unpaired) electrons. The molecule has 1 atom stereocenters. The minimum absolute atomic E-state index is 0.126. The first-order chi connectivity index (χ1) is 12.9. The number of carboxylic acid groups (broad SMARTS) is 1. The van der Waals surface area contributed by atoms with Crippen molar-refractivity contribution < 1.29 is 27.9 Å². The minimum Gasteiger partial charge on any atom is -0.481 e. The van der Waals surface area contributed by atoms with Crippen molar-refractivity contribution in [1.29, 1.82) is 0 Å². The summed E-state index contributed by atoms with van der Waals surface area (Å²) in [7, 11) is -3.83. The highest BCUT2D eigenvalue weighted by molar-refractivity contribution is 7.93. The first-order valence-corrected chi connectivity index (χ1v) is 9.97. The van der Waals surface area contributed by atoms with Gasteiger partial charge in [-0.25, -0.2) is 8.42 Å². The molecule has 2 aromatic rings. The number of hydrogen-bond donors (Lipinski definition) is 1. The van der Waals surface area contributed by atoms with Crippen molar-refractivity contribution in [3.05, 3.63) is 36.4 Å². The molecule has 0 aromatic heterocycles. The smallest absolute Gasteiger partial charge is 0.305 e. The number of aliphatic carboxylic acids is 1. The summed E-state index contributed by atoms with van der Waals surface area (Å²) in [4.78, 5) is 25.5. The average Bonchev–Trinajstić information content (AvgIpc) is 2.85. The number of benzene rings is 2. The Balaban J connectivity index is 1.66. The maximum Gasteiger partial charge on any atom is 0.305 e. The Bertz CT molecular complexity index is 1030. The summed E-state index contributed by atoms with van der Waals surface area (Å²) in [6.07, 6.45) is -0.242. The number of carboxylic acids is 1.